The number of fused-ring (bicyclic) bond motifs is 1. The van der Waals surface area contributed by atoms with Gasteiger partial charge in [-0.05, 0) is 23.9 Å². The van der Waals surface area contributed by atoms with Crippen LogP contribution >= 0.6 is 11.3 Å². The fourth-order valence-corrected chi connectivity index (χ4v) is 3.70. The summed E-state index contributed by atoms with van der Waals surface area (Å²) in [6, 6.07) is 1.63. The third kappa shape index (κ3) is 2.27. The first-order valence-electron chi connectivity index (χ1n) is 4.52. The lowest BCUT2D eigenvalue weighted by Gasteiger charge is -1.85. The van der Waals surface area contributed by atoms with E-state index < -0.39 is 9.84 Å². The van der Waals surface area contributed by atoms with E-state index >= 15 is 0 Å². The molecule has 2 nitrogen and oxygen atoms in total. The Hall–Kier alpha value is -1.13. The lowest BCUT2D eigenvalue weighted by Crippen LogP contribution is -1.88. The average molecular weight is 238 g/mol. The minimum Gasteiger partial charge on any atom is -0.219 e. The van der Waals surface area contributed by atoms with Gasteiger partial charge in [-0.25, -0.2) is 8.42 Å². The van der Waals surface area contributed by atoms with Crippen molar-refractivity contribution in [2.45, 2.75) is 11.3 Å². The third-order valence-corrected chi connectivity index (χ3v) is 4.49. The van der Waals surface area contributed by atoms with E-state index in [2.05, 4.69) is 24.3 Å². The summed E-state index contributed by atoms with van der Waals surface area (Å²) in [5.74, 6) is 0. The van der Waals surface area contributed by atoms with Crippen LogP contribution in [0.1, 0.15) is 11.3 Å². The zero-order valence-electron chi connectivity index (χ0n) is 7.96. The molecule has 0 N–H and O–H groups in total. The molecule has 1 aliphatic heterocycles. The molecular formula is C11H10O2S2. The second-order valence-electron chi connectivity index (χ2n) is 3.09. The highest BCUT2D eigenvalue weighted by Crippen LogP contribution is 2.30. The summed E-state index contributed by atoms with van der Waals surface area (Å²) >= 11 is 1.45. The van der Waals surface area contributed by atoms with Gasteiger partial charge in [0.2, 0.25) is 9.84 Å². The van der Waals surface area contributed by atoms with Crippen LogP contribution in [0.15, 0.2) is 46.1 Å². The average Bonchev–Trinajstić information content (AvgIpc) is 2.90. The van der Waals surface area contributed by atoms with Gasteiger partial charge in [-0.1, -0.05) is 24.3 Å². The molecule has 1 aromatic heterocycles. The van der Waals surface area contributed by atoms with Gasteiger partial charge < -0.3 is 0 Å². The standard InChI is InChI=1S/C6H4O2S2.C5H6/c7-10(8)4-2-5-6(10)1-3-9-5;1-2-4-5-3-1/h1-4H;1-4H,5H2. The Balaban J connectivity index is 0.000000144. The predicted octanol–water partition coefficient (Wildman–Crippen LogP) is 3.01. The van der Waals surface area contributed by atoms with Crippen LogP contribution < -0.4 is 0 Å². The first-order valence-corrected chi connectivity index (χ1v) is 6.95. The Morgan fingerprint density at radius 1 is 1.20 bits per heavy atom. The molecule has 0 radical (unpaired) electrons. The number of rotatable bonds is 0. The maximum atomic E-state index is 11.0. The van der Waals surface area contributed by atoms with E-state index in [1.54, 1.807) is 17.5 Å². The number of allylic oxidation sites excluding steroid dienone is 4. The van der Waals surface area contributed by atoms with Crippen molar-refractivity contribution in [3.63, 3.8) is 0 Å². The third-order valence-electron chi connectivity index (χ3n) is 2.02. The molecule has 0 saturated heterocycles. The lowest BCUT2D eigenvalue weighted by atomic mass is 10.5. The molecule has 4 heteroatoms. The molecule has 0 saturated carbocycles. The molecule has 0 bridgehead atoms. The summed E-state index contributed by atoms with van der Waals surface area (Å²) in [6.45, 7) is 0. The minimum atomic E-state index is -3.03. The highest BCUT2D eigenvalue weighted by molar-refractivity contribution is 7.95. The van der Waals surface area contributed by atoms with E-state index in [0.29, 0.717) is 4.90 Å². The van der Waals surface area contributed by atoms with Crippen molar-refractivity contribution in [3.8, 4) is 0 Å². The van der Waals surface area contributed by atoms with Crippen LogP contribution in [0.3, 0.4) is 0 Å². The largest absolute Gasteiger partial charge is 0.219 e. The molecular weight excluding hydrogens is 228 g/mol. The van der Waals surface area contributed by atoms with Gasteiger partial charge in [0.1, 0.15) is 0 Å². The van der Waals surface area contributed by atoms with E-state index in [4.69, 9.17) is 0 Å². The molecule has 0 spiro atoms. The molecule has 78 valence electrons. The van der Waals surface area contributed by atoms with E-state index in [1.807, 2.05) is 0 Å². The first-order chi connectivity index (χ1) is 7.20. The molecule has 0 atom stereocenters. The summed E-state index contributed by atoms with van der Waals surface area (Å²) in [4.78, 5) is 1.30. The highest BCUT2D eigenvalue weighted by Gasteiger charge is 2.20. The van der Waals surface area contributed by atoms with Crippen LogP contribution in [0, 0.1) is 0 Å². The van der Waals surface area contributed by atoms with Crippen LogP contribution in [-0.2, 0) is 9.84 Å². The van der Waals surface area contributed by atoms with Gasteiger partial charge in [-0.2, -0.15) is 0 Å². The number of hydrogen-bond donors (Lipinski definition) is 0. The smallest absolute Gasteiger partial charge is 0.201 e. The van der Waals surface area contributed by atoms with E-state index in [9.17, 15) is 8.42 Å². The number of hydrogen-bond acceptors (Lipinski definition) is 3. The summed E-state index contributed by atoms with van der Waals surface area (Å²) in [6.07, 6.45) is 11.1. The van der Waals surface area contributed by atoms with Gasteiger partial charge >= 0.3 is 0 Å². The Morgan fingerprint density at radius 2 is 1.93 bits per heavy atom. The van der Waals surface area contributed by atoms with Crippen LogP contribution in [0.5, 0.6) is 0 Å². The molecule has 2 heterocycles. The van der Waals surface area contributed by atoms with Crippen molar-refractivity contribution in [1.82, 2.24) is 0 Å². The summed E-state index contributed by atoms with van der Waals surface area (Å²) in [5, 5.41) is 3.03. The molecule has 0 unspecified atom stereocenters. The summed E-state index contributed by atoms with van der Waals surface area (Å²) in [7, 11) is -3.03. The van der Waals surface area contributed by atoms with Crippen molar-refractivity contribution in [3.05, 3.63) is 46.0 Å². The van der Waals surface area contributed by atoms with E-state index in [0.717, 1.165) is 11.3 Å². The van der Waals surface area contributed by atoms with Crippen molar-refractivity contribution >= 4 is 27.3 Å². The van der Waals surface area contributed by atoms with Crippen molar-refractivity contribution < 1.29 is 8.42 Å². The van der Waals surface area contributed by atoms with Crippen LogP contribution in [0.25, 0.3) is 6.08 Å². The van der Waals surface area contributed by atoms with Gasteiger partial charge in [0.05, 0.1) is 4.90 Å². The molecule has 0 fully saturated rings. The van der Waals surface area contributed by atoms with Gasteiger partial charge in [0, 0.05) is 10.3 Å². The van der Waals surface area contributed by atoms with Crippen LogP contribution in [0.4, 0.5) is 0 Å². The molecule has 1 aliphatic carbocycles. The van der Waals surface area contributed by atoms with Crippen molar-refractivity contribution in [2.75, 3.05) is 0 Å². The van der Waals surface area contributed by atoms with Gasteiger partial charge in [-0.15, -0.1) is 11.3 Å². The van der Waals surface area contributed by atoms with Gasteiger partial charge in [0.25, 0.3) is 0 Å². The second kappa shape index (κ2) is 4.16. The monoisotopic (exact) mass is 238 g/mol. The quantitative estimate of drug-likeness (QED) is 0.696. The Kier molecular flexibility index (Phi) is 2.88. The van der Waals surface area contributed by atoms with Gasteiger partial charge in [-0.3, -0.25) is 0 Å². The van der Waals surface area contributed by atoms with Gasteiger partial charge in [0.15, 0.2) is 0 Å². The lowest BCUT2D eigenvalue weighted by molar-refractivity contribution is 0.606. The topological polar surface area (TPSA) is 34.1 Å². The summed E-state index contributed by atoms with van der Waals surface area (Å²) in [5.41, 5.74) is 0. The van der Waals surface area contributed by atoms with Crippen LogP contribution in [-0.4, -0.2) is 8.42 Å². The molecule has 0 aromatic carbocycles. The maximum Gasteiger partial charge on any atom is 0.201 e. The molecule has 15 heavy (non-hydrogen) atoms. The Labute approximate surface area is 93.2 Å². The molecule has 2 aliphatic rings. The molecule has 1 aromatic rings. The van der Waals surface area contributed by atoms with Crippen molar-refractivity contribution in [2.24, 2.45) is 0 Å². The van der Waals surface area contributed by atoms with E-state index in [1.165, 1.54) is 16.7 Å². The summed E-state index contributed by atoms with van der Waals surface area (Å²) < 4.78 is 22.1. The second-order valence-corrected chi connectivity index (χ2v) is 5.84. The van der Waals surface area contributed by atoms with Crippen LogP contribution in [0.2, 0.25) is 0 Å². The fraction of sp³-hybridized carbons (Fsp3) is 0.0909. The van der Waals surface area contributed by atoms with E-state index in [-0.39, 0.29) is 0 Å². The number of sulfone groups is 1. The zero-order valence-corrected chi connectivity index (χ0v) is 9.59. The first kappa shape index (κ1) is 10.4. The SMILES string of the molecule is C1=CCC=C1.O=S1(=O)C=Cc2sccc21. The van der Waals surface area contributed by atoms with Crippen molar-refractivity contribution in [1.29, 1.82) is 0 Å². The molecule has 0 amide bonds. The maximum absolute atomic E-state index is 11.0. The Morgan fingerprint density at radius 3 is 2.47 bits per heavy atom. The highest BCUT2D eigenvalue weighted by atomic mass is 32.2. The fourth-order valence-electron chi connectivity index (χ4n) is 1.28. The Bertz CT molecular complexity index is 521. The minimum absolute atomic E-state index is 0.456. The number of thiophene rings is 1. The predicted molar refractivity (Wildman–Crippen MR) is 63.4 cm³/mol. The normalized spacial score (nSPS) is 18.7. The molecule has 3 rings (SSSR count). The zero-order chi connectivity index (χ0) is 10.7.